The van der Waals surface area contributed by atoms with E-state index < -0.39 is 5.60 Å². The van der Waals surface area contributed by atoms with Crippen LogP contribution in [0, 0.1) is 46.3 Å². The maximum Gasteiger partial charge on any atom is 0.0847 e. The largest absolute Gasteiger partial charge is 0.393 e. The minimum Gasteiger partial charge on any atom is -0.393 e. The molecule has 0 unspecified atom stereocenters. The van der Waals surface area contributed by atoms with Gasteiger partial charge in [-0.25, -0.2) is 0 Å². The van der Waals surface area contributed by atoms with E-state index >= 15 is 0 Å². The number of aliphatic hydroxyl groups is 2. The fraction of sp³-hybridized carbons (Fsp3) is 0.862. The van der Waals surface area contributed by atoms with Gasteiger partial charge in [-0.2, -0.15) is 0 Å². The van der Waals surface area contributed by atoms with E-state index in [0.29, 0.717) is 16.7 Å². The Labute approximate surface area is 191 Å². The summed E-state index contributed by atoms with van der Waals surface area (Å²) in [7, 11) is 0. The van der Waals surface area contributed by atoms with Crippen molar-refractivity contribution in [2.75, 3.05) is 0 Å². The maximum absolute atomic E-state index is 11.0. The fourth-order valence-corrected chi connectivity index (χ4v) is 8.90. The molecule has 2 N–H and O–H groups in total. The first-order valence-electron chi connectivity index (χ1n) is 13.3. The predicted octanol–water partition coefficient (Wildman–Crippen LogP) is 6.92. The van der Waals surface area contributed by atoms with E-state index in [4.69, 9.17) is 0 Å². The van der Waals surface area contributed by atoms with E-state index in [1.165, 1.54) is 38.5 Å². The van der Waals surface area contributed by atoms with Gasteiger partial charge < -0.3 is 10.2 Å². The van der Waals surface area contributed by atoms with Crippen molar-refractivity contribution in [2.24, 2.45) is 46.3 Å². The van der Waals surface area contributed by atoms with Gasteiger partial charge in [0.2, 0.25) is 0 Å². The molecule has 2 heteroatoms. The molecule has 0 saturated heterocycles. The zero-order chi connectivity index (χ0) is 22.6. The summed E-state index contributed by atoms with van der Waals surface area (Å²) in [4.78, 5) is 0. The molecular formula is C29H48O2. The Hall–Kier alpha value is -0.600. The van der Waals surface area contributed by atoms with Gasteiger partial charge in [0.15, 0.2) is 0 Å². The highest BCUT2D eigenvalue weighted by molar-refractivity contribution is 5.25. The van der Waals surface area contributed by atoms with Gasteiger partial charge in [0.05, 0.1) is 11.7 Å². The summed E-state index contributed by atoms with van der Waals surface area (Å²) >= 11 is 0. The van der Waals surface area contributed by atoms with E-state index in [1.54, 1.807) is 11.6 Å². The van der Waals surface area contributed by atoms with Crippen molar-refractivity contribution >= 4 is 0 Å². The van der Waals surface area contributed by atoms with Crippen LogP contribution in [0.2, 0.25) is 0 Å². The Kier molecular flexibility index (Phi) is 6.32. The smallest absolute Gasteiger partial charge is 0.0847 e. The minimum atomic E-state index is -0.727. The Morgan fingerprint density at radius 3 is 2.55 bits per heavy atom. The van der Waals surface area contributed by atoms with Crippen LogP contribution in [0.15, 0.2) is 24.3 Å². The van der Waals surface area contributed by atoms with Gasteiger partial charge in [0.1, 0.15) is 0 Å². The molecule has 0 aliphatic heterocycles. The monoisotopic (exact) mass is 428 g/mol. The number of rotatable bonds is 6. The number of hydrogen-bond donors (Lipinski definition) is 2. The molecule has 2 nitrogen and oxygen atoms in total. The maximum atomic E-state index is 11.0. The van der Waals surface area contributed by atoms with Crippen molar-refractivity contribution in [3.63, 3.8) is 0 Å². The lowest BCUT2D eigenvalue weighted by Gasteiger charge is -2.58. The molecule has 0 radical (unpaired) electrons. The Bertz CT molecular complexity index is 710. The van der Waals surface area contributed by atoms with Crippen LogP contribution in [-0.2, 0) is 0 Å². The van der Waals surface area contributed by atoms with Crippen LogP contribution in [0.4, 0.5) is 0 Å². The Balaban J connectivity index is 1.49. The lowest BCUT2D eigenvalue weighted by Crippen LogP contribution is -2.50. The van der Waals surface area contributed by atoms with Crippen molar-refractivity contribution in [1.82, 2.24) is 0 Å². The Morgan fingerprint density at radius 1 is 1.13 bits per heavy atom. The molecular weight excluding hydrogens is 380 g/mol. The van der Waals surface area contributed by atoms with Crippen molar-refractivity contribution in [3.05, 3.63) is 24.3 Å². The summed E-state index contributed by atoms with van der Waals surface area (Å²) in [5, 5.41) is 21.2. The third kappa shape index (κ3) is 3.78. The van der Waals surface area contributed by atoms with Crippen LogP contribution >= 0.6 is 0 Å². The molecule has 0 spiro atoms. The zero-order valence-corrected chi connectivity index (χ0v) is 20.9. The average molecular weight is 429 g/mol. The highest BCUT2D eigenvalue weighted by atomic mass is 16.3. The van der Waals surface area contributed by atoms with Gasteiger partial charge in [-0.3, -0.25) is 0 Å². The SMILES string of the molecule is C=C[C@@](O)(CC[C@@H](C)[C@H]1CC[C@@H]2[C@@H]3CC=C4C[C@@H](O)CC[C@]4(C)[C@H]3CC[C@@]21C)C(C)C. The van der Waals surface area contributed by atoms with Gasteiger partial charge in [0, 0.05) is 0 Å². The first-order valence-corrected chi connectivity index (χ1v) is 13.3. The molecule has 0 amide bonds. The van der Waals surface area contributed by atoms with Gasteiger partial charge >= 0.3 is 0 Å². The minimum absolute atomic E-state index is 0.110. The molecule has 9 atom stereocenters. The van der Waals surface area contributed by atoms with Crippen LogP contribution in [-0.4, -0.2) is 21.9 Å². The summed E-state index contributed by atoms with van der Waals surface area (Å²) in [6.45, 7) is 15.7. The summed E-state index contributed by atoms with van der Waals surface area (Å²) in [5.41, 5.74) is 1.65. The molecule has 0 aromatic rings. The van der Waals surface area contributed by atoms with Gasteiger partial charge in [-0.05, 0) is 111 Å². The summed E-state index contributed by atoms with van der Waals surface area (Å²) < 4.78 is 0. The lowest BCUT2D eigenvalue weighted by molar-refractivity contribution is -0.0590. The molecule has 3 saturated carbocycles. The number of fused-ring (bicyclic) bond motifs is 5. The van der Waals surface area contributed by atoms with E-state index in [1.807, 2.05) is 0 Å². The molecule has 4 aliphatic rings. The highest BCUT2D eigenvalue weighted by Crippen LogP contribution is 2.67. The summed E-state index contributed by atoms with van der Waals surface area (Å²) in [6.07, 6.45) is 16.0. The molecule has 0 heterocycles. The molecule has 3 fully saturated rings. The topological polar surface area (TPSA) is 40.5 Å². The van der Waals surface area contributed by atoms with Gasteiger partial charge in [-0.15, -0.1) is 6.58 Å². The number of hydrogen-bond acceptors (Lipinski definition) is 2. The third-order valence-electron chi connectivity index (χ3n) is 11.2. The normalized spacial score (nSPS) is 45.2. The summed E-state index contributed by atoms with van der Waals surface area (Å²) in [6, 6.07) is 0. The fourth-order valence-electron chi connectivity index (χ4n) is 8.90. The van der Waals surface area contributed by atoms with E-state index in [2.05, 4.69) is 47.3 Å². The third-order valence-corrected chi connectivity index (χ3v) is 11.2. The molecule has 0 aromatic heterocycles. The van der Waals surface area contributed by atoms with Crippen molar-refractivity contribution in [2.45, 2.75) is 111 Å². The van der Waals surface area contributed by atoms with Crippen LogP contribution in [0.25, 0.3) is 0 Å². The number of aliphatic hydroxyl groups excluding tert-OH is 1. The van der Waals surface area contributed by atoms with Crippen LogP contribution in [0.3, 0.4) is 0 Å². The van der Waals surface area contributed by atoms with Crippen molar-refractivity contribution in [3.8, 4) is 0 Å². The number of allylic oxidation sites excluding steroid dienone is 1. The molecule has 0 aromatic carbocycles. The quantitative estimate of drug-likeness (QED) is 0.451. The summed E-state index contributed by atoms with van der Waals surface area (Å²) in [5.74, 6) is 4.17. The molecule has 4 aliphatic carbocycles. The molecule has 176 valence electrons. The van der Waals surface area contributed by atoms with Crippen LogP contribution in [0.1, 0.15) is 98.8 Å². The van der Waals surface area contributed by atoms with Gasteiger partial charge in [0.25, 0.3) is 0 Å². The molecule has 0 bridgehead atoms. The highest BCUT2D eigenvalue weighted by Gasteiger charge is 2.59. The second kappa shape index (κ2) is 8.32. The van der Waals surface area contributed by atoms with Gasteiger partial charge in [-0.1, -0.05) is 52.3 Å². The molecule has 31 heavy (non-hydrogen) atoms. The van der Waals surface area contributed by atoms with E-state index in [-0.39, 0.29) is 12.0 Å². The van der Waals surface area contributed by atoms with Crippen molar-refractivity contribution in [1.29, 1.82) is 0 Å². The Morgan fingerprint density at radius 2 is 1.87 bits per heavy atom. The zero-order valence-electron chi connectivity index (χ0n) is 20.9. The van der Waals surface area contributed by atoms with Crippen LogP contribution < -0.4 is 0 Å². The lowest BCUT2D eigenvalue weighted by atomic mass is 9.47. The molecule has 4 rings (SSSR count). The first-order chi connectivity index (χ1) is 14.5. The average Bonchev–Trinajstić information content (AvgIpc) is 3.09. The second-order valence-corrected chi connectivity index (χ2v) is 12.8. The standard InChI is InChI=1S/C29H48O2/c1-7-29(31,19(2)3)17-12-20(4)24-10-11-25-23-9-8-21-18-22(30)13-15-27(21,5)26(23)14-16-28(24,25)6/h7-8,19-20,22-26,30-31H,1,9-18H2,2-6H3/t20-,22+,23+,24-,25-,26+,27+,28-,29-/m1/s1. The van der Waals surface area contributed by atoms with Crippen molar-refractivity contribution < 1.29 is 10.2 Å². The van der Waals surface area contributed by atoms with E-state index in [0.717, 1.165) is 49.4 Å². The van der Waals surface area contributed by atoms with Crippen LogP contribution in [0.5, 0.6) is 0 Å². The first kappa shape index (κ1) is 23.6. The second-order valence-electron chi connectivity index (χ2n) is 12.8. The van der Waals surface area contributed by atoms with E-state index in [9.17, 15) is 10.2 Å². The predicted molar refractivity (Wildman–Crippen MR) is 130 cm³/mol.